The van der Waals surface area contributed by atoms with Crippen molar-refractivity contribution < 1.29 is 18.0 Å². The zero-order valence-electron chi connectivity index (χ0n) is 20.7. The molecule has 2 N–H and O–H groups in total. The van der Waals surface area contributed by atoms with Gasteiger partial charge in [-0.05, 0) is 66.1 Å². The summed E-state index contributed by atoms with van der Waals surface area (Å²) >= 11 is 0. The van der Waals surface area contributed by atoms with Gasteiger partial charge in [0.25, 0.3) is 5.91 Å². The van der Waals surface area contributed by atoms with E-state index in [1.807, 2.05) is 12.1 Å². The van der Waals surface area contributed by atoms with Crippen molar-refractivity contribution in [3.8, 4) is 0 Å². The largest absolute Gasteiger partial charge is 0.350 e. The molecular weight excluding hydrogens is 462 g/mol. The van der Waals surface area contributed by atoms with Crippen LogP contribution >= 0.6 is 0 Å². The molecule has 1 aliphatic rings. The minimum atomic E-state index is -3.69. The van der Waals surface area contributed by atoms with Gasteiger partial charge in [0, 0.05) is 31.2 Å². The maximum Gasteiger partial charge on any atom is 0.251 e. The van der Waals surface area contributed by atoms with E-state index in [0.29, 0.717) is 44.5 Å². The van der Waals surface area contributed by atoms with Gasteiger partial charge in [-0.25, -0.2) is 8.42 Å². The highest BCUT2D eigenvalue weighted by Gasteiger charge is 2.28. The predicted octanol–water partition coefficient (Wildman–Crippen LogP) is 3.76. The molecule has 2 amide bonds. The summed E-state index contributed by atoms with van der Waals surface area (Å²) < 4.78 is 27.7. The highest BCUT2D eigenvalue weighted by atomic mass is 32.2. The van der Waals surface area contributed by atoms with E-state index < -0.39 is 10.0 Å². The van der Waals surface area contributed by atoms with Gasteiger partial charge in [0.15, 0.2) is 0 Å². The Bertz CT molecular complexity index is 1150. The van der Waals surface area contributed by atoms with Gasteiger partial charge in [0.05, 0.1) is 4.90 Å². The maximum atomic E-state index is 13.1. The lowest BCUT2D eigenvalue weighted by Crippen LogP contribution is -2.36. The standard InChI is InChI=1S/C27H35N3O4S/c1-5-25(31)29-23-7-6-17-30(18-16-23)35(33,34)24-14-10-21(11-15-24)26(32)28-19-20-8-12-22(13-9-20)27(2,3)4/h5,8-15,23H,1,6-7,16-19H2,2-4H3,(H,28,32)(H,29,31). The van der Waals surface area contributed by atoms with Crippen molar-refractivity contribution in [2.75, 3.05) is 13.1 Å². The Kier molecular flexibility index (Phi) is 8.51. The Hall–Kier alpha value is -2.97. The van der Waals surface area contributed by atoms with Crippen molar-refractivity contribution in [1.82, 2.24) is 14.9 Å². The minimum absolute atomic E-state index is 0.0698. The van der Waals surface area contributed by atoms with Crippen LogP contribution in [0.25, 0.3) is 0 Å². The highest BCUT2D eigenvalue weighted by molar-refractivity contribution is 7.89. The number of amides is 2. The summed E-state index contributed by atoms with van der Waals surface area (Å²) in [7, 11) is -3.69. The SMILES string of the molecule is C=CC(=O)NC1CCCN(S(=O)(=O)c2ccc(C(=O)NCc3ccc(C(C)(C)C)cc3)cc2)CC1. The molecule has 0 spiro atoms. The van der Waals surface area contributed by atoms with Gasteiger partial charge in [-0.2, -0.15) is 4.31 Å². The quantitative estimate of drug-likeness (QED) is 0.570. The van der Waals surface area contributed by atoms with Gasteiger partial charge >= 0.3 is 0 Å². The molecule has 7 nitrogen and oxygen atoms in total. The second kappa shape index (κ2) is 11.2. The summed E-state index contributed by atoms with van der Waals surface area (Å²) in [5.41, 5.74) is 2.69. The summed E-state index contributed by atoms with van der Waals surface area (Å²) in [6.45, 7) is 11.0. The van der Waals surface area contributed by atoms with E-state index in [1.165, 1.54) is 40.2 Å². The number of nitrogens with one attached hydrogen (secondary N) is 2. The van der Waals surface area contributed by atoms with Crippen molar-refractivity contribution in [2.24, 2.45) is 0 Å². The number of sulfonamides is 1. The topological polar surface area (TPSA) is 95.6 Å². The third-order valence-corrected chi connectivity index (χ3v) is 8.16. The van der Waals surface area contributed by atoms with Crippen LogP contribution in [0.15, 0.2) is 66.1 Å². The summed E-state index contributed by atoms with van der Waals surface area (Å²) in [5.74, 6) is -0.508. The third-order valence-electron chi connectivity index (χ3n) is 6.25. The molecule has 1 atom stereocenters. The Morgan fingerprint density at radius 1 is 1.03 bits per heavy atom. The average molecular weight is 498 g/mol. The predicted molar refractivity (Wildman–Crippen MR) is 137 cm³/mol. The van der Waals surface area contributed by atoms with E-state index in [9.17, 15) is 18.0 Å². The first-order valence-corrected chi connectivity index (χ1v) is 13.4. The molecule has 0 saturated carbocycles. The van der Waals surface area contributed by atoms with E-state index in [1.54, 1.807) is 0 Å². The van der Waals surface area contributed by atoms with Crippen molar-refractivity contribution in [2.45, 2.75) is 62.9 Å². The van der Waals surface area contributed by atoms with Gasteiger partial charge < -0.3 is 10.6 Å². The zero-order valence-corrected chi connectivity index (χ0v) is 21.5. The van der Waals surface area contributed by atoms with E-state index in [4.69, 9.17) is 0 Å². The Morgan fingerprint density at radius 2 is 1.69 bits per heavy atom. The summed E-state index contributed by atoms with van der Waals surface area (Å²) in [6.07, 6.45) is 3.12. The fourth-order valence-electron chi connectivity index (χ4n) is 4.05. The van der Waals surface area contributed by atoms with E-state index in [-0.39, 0.29) is 28.2 Å². The molecule has 1 saturated heterocycles. The number of carbonyl (C=O) groups excluding carboxylic acids is 2. The number of nitrogens with zero attached hydrogens (tertiary/aromatic N) is 1. The number of hydrogen-bond acceptors (Lipinski definition) is 4. The van der Waals surface area contributed by atoms with Gasteiger partial charge in [0.2, 0.25) is 15.9 Å². The van der Waals surface area contributed by atoms with E-state index in [0.717, 1.165) is 5.56 Å². The molecule has 2 aromatic rings. The van der Waals surface area contributed by atoms with Crippen LogP contribution in [-0.4, -0.2) is 43.7 Å². The molecule has 3 rings (SSSR count). The van der Waals surface area contributed by atoms with Crippen LogP contribution in [0, 0.1) is 0 Å². The summed E-state index contributed by atoms with van der Waals surface area (Å²) in [5, 5.41) is 5.74. The van der Waals surface area contributed by atoms with Crippen LogP contribution in [-0.2, 0) is 26.8 Å². The molecule has 35 heavy (non-hydrogen) atoms. The lowest BCUT2D eigenvalue weighted by atomic mass is 9.87. The van der Waals surface area contributed by atoms with Crippen LogP contribution in [0.1, 0.15) is 61.5 Å². The van der Waals surface area contributed by atoms with E-state index >= 15 is 0 Å². The molecule has 1 aliphatic heterocycles. The molecule has 8 heteroatoms. The Labute approximate surface area is 208 Å². The number of hydrogen-bond donors (Lipinski definition) is 2. The van der Waals surface area contributed by atoms with Crippen LogP contribution in [0.2, 0.25) is 0 Å². The average Bonchev–Trinajstić information content (AvgIpc) is 3.08. The minimum Gasteiger partial charge on any atom is -0.350 e. The molecule has 0 bridgehead atoms. The molecule has 1 unspecified atom stereocenters. The Balaban J connectivity index is 1.59. The first-order valence-electron chi connectivity index (χ1n) is 11.9. The van der Waals surface area contributed by atoms with Gasteiger partial charge in [-0.3, -0.25) is 9.59 Å². The van der Waals surface area contributed by atoms with Gasteiger partial charge in [-0.15, -0.1) is 0 Å². The van der Waals surface area contributed by atoms with E-state index in [2.05, 4.69) is 50.1 Å². The van der Waals surface area contributed by atoms with Crippen molar-refractivity contribution in [3.63, 3.8) is 0 Å². The van der Waals surface area contributed by atoms with Crippen molar-refractivity contribution in [3.05, 3.63) is 77.9 Å². The second-order valence-corrected chi connectivity index (χ2v) is 11.8. The summed E-state index contributed by atoms with van der Waals surface area (Å²) in [6, 6.07) is 14.1. The second-order valence-electron chi connectivity index (χ2n) is 9.90. The van der Waals surface area contributed by atoms with Crippen LogP contribution in [0.3, 0.4) is 0 Å². The molecule has 1 fully saturated rings. The summed E-state index contributed by atoms with van der Waals surface area (Å²) in [4.78, 5) is 24.3. The fourth-order valence-corrected chi connectivity index (χ4v) is 5.54. The molecule has 0 aliphatic carbocycles. The number of carbonyl (C=O) groups is 2. The molecule has 0 radical (unpaired) electrons. The number of rotatable bonds is 7. The highest BCUT2D eigenvalue weighted by Crippen LogP contribution is 2.23. The smallest absolute Gasteiger partial charge is 0.251 e. The maximum absolute atomic E-state index is 13.1. The normalized spacial score (nSPS) is 17.3. The molecule has 2 aromatic carbocycles. The van der Waals surface area contributed by atoms with Crippen molar-refractivity contribution >= 4 is 21.8 Å². The van der Waals surface area contributed by atoms with Crippen LogP contribution in [0.4, 0.5) is 0 Å². The molecule has 188 valence electrons. The van der Waals surface area contributed by atoms with Gasteiger partial charge in [0.1, 0.15) is 0 Å². The monoisotopic (exact) mass is 497 g/mol. The lowest BCUT2D eigenvalue weighted by molar-refractivity contribution is -0.117. The third kappa shape index (κ3) is 7.02. The van der Waals surface area contributed by atoms with Crippen LogP contribution < -0.4 is 10.6 Å². The first kappa shape index (κ1) is 26.6. The van der Waals surface area contributed by atoms with Gasteiger partial charge in [-0.1, -0.05) is 51.6 Å². The fraction of sp³-hybridized carbons (Fsp3) is 0.407. The zero-order chi connectivity index (χ0) is 25.6. The Morgan fingerprint density at radius 3 is 2.29 bits per heavy atom. The molecular formula is C27H35N3O4S. The molecule has 0 aromatic heterocycles. The first-order chi connectivity index (χ1) is 16.5. The lowest BCUT2D eigenvalue weighted by Gasteiger charge is -2.20. The number of benzene rings is 2. The van der Waals surface area contributed by atoms with Crippen LogP contribution in [0.5, 0.6) is 0 Å². The van der Waals surface area contributed by atoms with Crippen molar-refractivity contribution in [1.29, 1.82) is 0 Å². The molecule has 1 heterocycles.